The van der Waals surface area contributed by atoms with E-state index >= 15 is 0 Å². The summed E-state index contributed by atoms with van der Waals surface area (Å²) in [5.74, 6) is 0. The molecule has 1 heterocycles. The monoisotopic (exact) mass is 235 g/mol. The van der Waals surface area contributed by atoms with E-state index in [0.29, 0.717) is 0 Å². The number of nitrogens with zero attached hydrogens (tertiary/aromatic N) is 2. The first-order chi connectivity index (χ1) is 8.93. The predicted octanol–water partition coefficient (Wildman–Crippen LogP) is 3.24. The Bertz CT molecular complexity index is 645. The van der Waals surface area contributed by atoms with Crippen molar-refractivity contribution in [1.29, 1.82) is 0 Å². The molecule has 0 fully saturated rings. The van der Waals surface area contributed by atoms with Gasteiger partial charge in [-0.1, -0.05) is 48.5 Å². The van der Waals surface area contributed by atoms with Crippen LogP contribution in [0.2, 0.25) is 0 Å². The van der Waals surface area contributed by atoms with Gasteiger partial charge in [-0.2, -0.15) is 10.2 Å². The second-order valence-electron chi connectivity index (χ2n) is 4.11. The van der Waals surface area contributed by atoms with Gasteiger partial charge in [0.2, 0.25) is 0 Å². The van der Waals surface area contributed by atoms with Gasteiger partial charge in [-0.05, 0) is 11.6 Å². The number of anilines is 1. The van der Waals surface area contributed by atoms with Gasteiger partial charge in [-0.15, -0.1) is 0 Å². The van der Waals surface area contributed by atoms with Crippen LogP contribution in [0.1, 0.15) is 5.56 Å². The number of benzene rings is 2. The lowest BCUT2D eigenvalue weighted by molar-refractivity contribution is 1.06. The molecular formula is C15H13N3. The van der Waals surface area contributed by atoms with Crippen molar-refractivity contribution in [2.24, 2.45) is 0 Å². The minimum atomic E-state index is 0.788. The third kappa shape index (κ3) is 2.15. The molecule has 0 atom stereocenters. The van der Waals surface area contributed by atoms with Gasteiger partial charge in [0.15, 0.2) is 0 Å². The number of hydrogen-bond donors (Lipinski definition) is 1. The highest BCUT2D eigenvalue weighted by atomic mass is 15.1. The summed E-state index contributed by atoms with van der Waals surface area (Å²) >= 11 is 0. The second-order valence-corrected chi connectivity index (χ2v) is 4.11. The van der Waals surface area contributed by atoms with E-state index in [0.717, 1.165) is 23.1 Å². The lowest BCUT2D eigenvalue weighted by atomic mass is 10.2. The summed E-state index contributed by atoms with van der Waals surface area (Å²) in [6.45, 7) is 0.788. The molecule has 3 heteroatoms. The summed E-state index contributed by atoms with van der Waals surface area (Å²) in [4.78, 5) is 0. The molecule has 0 radical (unpaired) electrons. The van der Waals surface area contributed by atoms with Crippen LogP contribution in [0, 0.1) is 0 Å². The van der Waals surface area contributed by atoms with Crippen LogP contribution < -0.4 is 5.32 Å². The minimum Gasteiger partial charge on any atom is -0.379 e. The Morgan fingerprint density at radius 1 is 0.889 bits per heavy atom. The molecule has 2 aromatic carbocycles. The van der Waals surface area contributed by atoms with Gasteiger partial charge in [0.1, 0.15) is 0 Å². The van der Waals surface area contributed by atoms with Gasteiger partial charge >= 0.3 is 0 Å². The van der Waals surface area contributed by atoms with E-state index in [1.54, 1.807) is 6.20 Å². The first kappa shape index (κ1) is 10.7. The quantitative estimate of drug-likeness (QED) is 0.757. The van der Waals surface area contributed by atoms with E-state index in [-0.39, 0.29) is 0 Å². The Kier molecular flexibility index (Phi) is 2.88. The molecule has 1 N–H and O–H groups in total. The van der Waals surface area contributed by atoms with Crippen molar-refractivity contribution in [2.45, 2.75) is 6.54 Å². The molecule has 0 amide bonds. The van der Waals surface area contributed by atoms with Gasteiger partial charge in [0.05, 0.1) is 17.4 Å². The van der Waals surface area contributed by atoms with Crippen molar-refractivity contribution < 1.29 is 0 Å². The Hall–Kier alpha value is -2.42. The fraction of sp³-hybridized carbons (Fsp3) is 0.0667. The summed E-state index contributed by atoms with van der Waals surface area (Å²) in [6, 6.07) is 18.3. The van der Waals surface area contributed by atoms with E-state index in [1.165, 1.54) is 5.56 Å². The van der Waals surface area contributed by atoms with Crippen LogP contribution in [-0.4, -0.2) is 10.2 Å². The van der Waals surface area contributed by atoms with Gasteiger partial charge in [0, 0.05) is 11.9 Å². The summed E-state index contributed by atoms with van der Waals surface area (Å²) in [5.41, 5.74) is 3.18. The molecular weight excluding hydrogens is 222 g/mol. The number of hydrogen-bond acceptors (Lipinski definition) is 3. The van der Waals surface area contributed by atoms with Crippen molar-refractivity contribution >= 4 is 16.6 Å². The zero-order chi connectivity index (χ0) is 12.2. The van der Waals surface area contributed by atoms with Crippen molar-refractivity contribution in [2.75, 3.05) is 5.32 Å². The Morgan fingerprint density at radius 2 is 1.67 bits per heavy atom. The highest BCUT2D eigenvalue weighted by molar-refractivity contribution is 5.90. The molecule has 0 aliphatic rings. The number of rotatable bonds is 3. The lowest BCUT2D eigenvalue weighted by Crippen LogP contribution is -2.01. The first-order valence-corrected chi connectivity index (χ1v) is 5.92. The van der Waals surface area contributed by atoms with Crippen molar-refractivity contribution in [3.8, 4) is 0 Å². The smallest absolute Gasteiger partial charge is 0.0950 e. The highest BCUT2D eigenvalue weighted by Crippen LogP contribution is 2.20. The average molecular weight is 235 g/mol. The summed E-state index contributed by atoms with van der Waals surface area (Å²) in [7, 11) is 0. The van der Waals surface area contributed by atoms with E-state index < -0.39 is 0 Å². The van der Waals surface area contributed by atoms with E-state index in [4.69, 9.17) is 0 Å². The Balaban J connectivity index is 1.87. The average Bonchev–Trinajstić information content (AvgIpc) is 2.46. The maximum Gasteiger partial charge on any atom is 0.0950 e. The molecule has 3 nitrogen and oxygen atoms in total. The third-order valence-corrected chi connectivity index (χ3v) is 2.87. The van der Waals surface area contributed by atoms with Crippen LogP contribution in [0.4, 0.5) is 5.69 Å². The van der Waals surface area contributed by atoms with Crippen LogP contribution >= 0.6 is 0 Å². The minimum absolute atomic E-state index is 0.788. The van der Waals surface area contributed by atoms with E-state index in [9.17, 15) is 0 Å². The normalized spacial score (nSPS) is 10.4. The van der Waals surface area contributed by atoms with Crippen LogP contribution in [0.5, 0.6) is 0 Å². The molecule has 0 saturated heterocycles. The molecule has 0 spiro atoms. The fourth-order valence-electron chi connectivity index (χ4n) is 1.94. The standard InChI is InChI=1S/C15H13N3/c1-2-6-12(7-3-1)10-16-15-11-17-18-14-9-5-4-8-13(14)15/h1-9,11H,10H2,(H,16,18). The SMILES string of the molecule is c1ccc(CNc2cnnc3ccccc23)cc1. The first-order valence-electron chi connectivity index (χ1n) is 5.92. The van der Waals surface area contributed by atoms with Crippen LogP contribution in [0.3, 0.4) is 0 Å². The summed E-state index contributed by atoms with van der Waals surface area (Å²) < 4.78 is 0. The second kappa shape index (κ2) is 4.84. The number of fused-ring (bicyclic) bond motifs is 1. The number of nitrogens with one attached hydrogen (secondary N) is 1. The molecule has 0 aliphatic carbocycles. The van der Waals surface area contributed by atoms with Crippen LogP contribution in [0.15, 0.2) is 60.8 Å². The highest BCUT2D eigenvalue weighted by Gasteiger charge is 2.01. The molecule has 0 aliphatic heterocycles. The molecule has 0 unspecified atom stereocenters. The Labute approximate surface area is 105 Å². The molecule has 18 heavy (non-hydrogen) atoms. The maximum atomic E-state index is 4.11. The number of aromatic nitrogens is 2. The van der Waals surface area contributed by atoms with Crippen molar-refractivity contribution in [3.05, 3.63) is 66.4 Å². The Morgan fingerprint density at radius 3 is 2.56 bits per heavy atom. The topological polar surface area (TPSA) is 37.8 Å². The van der Waals surface area contributed by atoms with Crippen molar-refractivity contribution in [3.63, 3.8) is 0 Å². The van der Waals surface area contributed by atoms with Gasteiger partial charge in [0.25, 0.3) is 0 Å². The molecule has 0 saturated carbocycles. The van der Waals surface area contributed by atoms with Gasteiger partial charge in [-0.3, -0.25) is 0 Å². The maximum absolute atomic E-state index is 4.11. The zero-order valence-electron chi connectivity index (χ0n) is 9.88. The molecule has 1 aromatic heterocycles. The molecule has 0 bridgehead atoms. The fourth-order valence-corrected chi connectivity index (χ4v) is 1.94. The zero-order valence-corrected chi connectivity index (χ0v) is 9.88. The third-order valence-electron chi connectivity index (χ3n) is 2.87. The van der Waals surface area contributed by atoms with Gasteiger partial charge in [-0.25, -0.2) is 0 Å². The molecule has 88 valence electrons. The van der Waals surface area contributed by atoms with Crippen LogP contribution in [0.25, 0.3) is 10.9 Å². The molecule has 3 rings (SSSR count). The summed E-state index contributed by atoms with van der Waals surface area (Å²) in [5, 5.41) is 12.6. The molecule has 3 aromatic rings. The predicted molar refractivity (Wildman–Crippen MR) is 73.3 cm³/mol. The summed E-state index contributed by atoms with van der Waals surface area (Å²) in [6.07, 6.45) is 1.77. The van der Waals surface area contributed by atoms with Crippen molar-refractivity contribution in [1.82, 2.24) is 10.2 Å². The van der Waals surface area contributed by atoms with E-state index in [2.05, 4.69) is 33.7 Å². The largest absolute Gasteiger partial charge is 0.379 e. The van der Waals surface area contributed by atoms with Gasteiger partial charge < -0.3 is 5.32 Å². The lowest BCUT2D eigenvalue weighted by Gasteiger charge is -2.08. The van der Waals surface area contributed by atoms with E-state index in [1.807, 2.05) is 36.4 Å². The van der Waals surface area contributed by atoms with Crippen LogP contribution in [-0.2, 0) is 6.54 Å².